The Labute approximate surface area is 90.1 Å². The molecule has 0 spiro atoms. The van der Waals surface area contributed by atoms with E-state index in [0.717, 1.165) is 31.6 Å². The number of nitrogens with zero attached hydrogens (tertiary/aromatic N) is 2. The number of hydrogen-bond donors (Lipinski definition) is 0. The van der Waals surface area contributed by atoms with Crippen LogP contribution in [0.2, 0.25) is 0 Å². The number of anilines is 1. The SMILES string of the molecule is CC1(C)CCN(c2ccnc(F)c2)CC1. The van der Waals surface area contributed by atoms with Crippen molar-refractivity contribution in [3.63, 3.8) is 0 Å². The Hall–Kier alpha value is -1.12. The quantitative estimate of drug-likeness (QED) is 0.660. The summed E-state index contributed by atoms with van der Waals surface area (Å²) in [6, 6.07) is 3.39. The molecule has 0 amide bonds. The Balaban J connectivity index is 2.08. The summed E-state index contributed by atoms with van der Waals surface area (Å²) in [5.74, 6) is -0.391. The van der Waals surface area contributed by atoms with Gasteiger partial charge in [-0.05, 0) is 24.3 Å². The van der Waals surface area contributed by atoms with Gasteiger partial charge in [0.2, 0.25) is 5.95 Å². The van der Waals surface area contributed by atoms with Gasteiger partial charge in [-0.3, -0.25) is 0 Å². The molecule has 1 fully saturated rings. The third-order valence-electron chi connectivity index (χ3n) is 3.19. The van der Waals surface area contributed by atoms with Crippen LogP contribution < -0.4 is 4.90 Å². The zero-order valence-electron chi connectivity index (χ0n) is 9.33. The number of rotatable bonds is 1. The minimum atomic E-state index is -0.391. The van der Waals surface area contributed by atoms with E-state index in [-0.39, 0.29) is 0 Å². The predicted molar refractivity (Wildman–Crippen MR) is 59.4 cm³/mol. The standard InChI is InChI=1S/C12H17FN2/c1-12(2)4-7-15(8-5-12)10-3-6-14-11(13)9-10/h3,6,9H,4-5,7-8H2,1-2H3. The smallest absolute Gasteiger partial charge is 0.214 e. The van der Waals surface area contributed by atoms with E-state index < -0.39 is 5.95 Å². The average Bonchev–Trinajstić information content (AvgIpc) is 2.17. The highest BCUT2D eigenvalue weighted by Gasteiger charge is 2.25. The van der Waals surface area contributed by atoms with Crippen molar-refractivity contribution in [2.24, 2.45) is 5.41 Å². The van der Waals surface area contributed by atoms with Crippen LogP contribution in [-0.2, 0) is 0 Å². The van der Waals surface area contributed by atoms with Crippen molar-refractivity contribution in [3.05, 3.63) is 24.3 Å². The predicted octanol–water partition coefficient (Wildman–Crippen LogP) is 2.85. The van der Waals surface area contributed by atoms with E-state index >= 15 is 0 Å². The van der Waals surface area contributed by atoms with Gasteiger partial charge in [0.1, 0.15) is 0 Å². The molecule has 2 nitrogen and oxygen atoms in total. The van der Waals surface area contributed by atoms with Gasteiger partial charge in [0.05, 0.1) is 0 Å². The Bertz CT molecular complexity index is 339. The van der Waals surface area contributed by atoms with Gasteiger partial charge in [0.15, 0.2) is 0 Å². The zero-order chi connectivity index (χ0) is 10.9. The van der Waals surface area contributed by atoms with E-state index in [1.807, 2.05) is 6.07 Å². The molecule has 1 aliphatic heterocycles. The Morgan fingerprint density at radius 3 is 2.60 bits per heavy atom. The second-order valence-electron chi connectivity index (χ2n) is 4.99. The second-order valence-corrected chi connectivity index (χ2v) is 4.99. The van der Waals surface area contributed by atoms with Gasteiger partial charge in [-0.25, -0.2) is 4.98 Å². The van der Waals surface area contributed by atoms with Gasteiger partial charge >= 0.3 is 0 Å². The third-order valence-corrected chi connectivity index (χ3v) is 3.19. The molecule has 0 atom stereocenters. The van der Waals surface area contributed by atoms with Crippen molar-refractivity contribution in [2.45, 2.75) is 26.7 Å². The fourth-order valence-corrected chi connectivity index (χ4v) is 1.96. The summed E-state index contributed by atoms with van der Waals surface area (Å²) in [6.45, 7) is 6.60. The van der Waals surface area contributed by atoms with Crippen molar-refractivity contribution >= 4 is 5.69 Å². The maximum atomic E-state index is 12.9. The lowest BCUT2D eigenvalue weighted by atomic mass is 9.82. The van der Waals surface area contributed by atoms with Crippen LogP contribution in [0.3, 0.4) is 0 Å². The molecule has 1 aliphatic rings. The summed E-state index contributed by atoms with van der Waals surface area (Å²) < 4.78 is 12.9. The molecule has 0 aromatic carbocycles. The number of pyridine rings is 1. The first-order valence-corrected chi connectivity index (χ1v) is 5.43. The van der Waals surface area contributed by atoms with E-state index in [2.05, 4.69) is 23.7 Å². The zero-order valence-corrected chi connectivity index (χ0v) is 9.33. The molecule has 1 aromatic rings. The molecule has 3 heteroatoms. The van der Waals surface area contributed by atoms with Gasteiger partial charge in [-0.1, -0.05) is 13.8 Å². The van der Waals surface area contributed by atoms with Crippen LogP contribution in [0.5, 0.6) is 0 Å². The Kier molecular flexibility index (Phi) is 2.63. The van der Waals surface area contributed by atoms with Crippen LogP contribution in [-0.4, -0.2) is 18.1 Å². The summed E-state index contributed by atoms with van der Waals surface area (Å²) in [4.78, 5) is 5.80. The molecule has 2 heterocycles. The lowest BCUT2D eigenvalue weighted by Crippen LogP contribution is -2.37. The molecule has 82 valence electrons. The fourth-order valence-electron chi connectivity index (χ4n) is 1.96. The van der Waals surface area contributed by atoms with Crippen molar-refractivity contribution in [1.29, 1.82) is 0 Å². The topological polar surface area (TPSA) is 16.1 Å². The van der Waals surface area contributed by atoms with Crippen molar-refractivity contribution in [2.75, 3.05) is 18.0 Å². The Morgan fingerprint density at radius 1 is 1.33 bits per heavy atom. The lowest BCUT2D eigenvalue weighted by Gasteiger charge is -2.38. The maximum Gasteiger partial charge on any atom is 0.214 e. The number of piperidine rings is 1. The summed E-state index contributed by atoms with van der Waals surface area (Å²) >= 11 is 0. The van der Waals surface area contributed by atoms with E-state index in [1.54, 1.807) is 0 Å². The van der Waals surface area contributed by atoms with Crippen molar-refractivity contribution < 1.29 is 4.39 Å². The molecular weight excluding hydrogens is 191 g/mol. The van der Waals surface area contributed by atoms with Crippen LogP contribution in [0.1, 0.15) is 26.7 Å². The number of hydrogen-bond acceptors (Lipinski definition) is 2. The molecule has 0 bridgehead atoms. The molecule has 15 heavy (non-hydrogen) atoms. The molecule has 0 radical (unpaired) electrons. The first kappa shape index (κ1) is 10.4. The van der Waals surface area contributed by atoms with Crippen LogP contribution in [0.25, 0.3) is 0 Å². The van der Waals surface area contributed by atoms with Crippen LogP contribution in [0.15, 0.2) is 18.3 Å². The number of halogens is 1. The lowest BCUT2D eigenvalue weighted by molar-refractivity contribution is 0.279. The van der Waals surface area contributed by atoms with Gasteiger partial charge < -0.3 is 4.90 Å². The first-order valence-electron chi connectivity index (χ1n) is 5.43. The summed E-state index contributed by atoms with van der Waals surface area (Å²) in [5.41, 5.74) is 1.39. The minimum absolute atomic E-state index is 0.391. The molecule has 1 saturated heterocycles. The summed E-state index contributed by atoms with van der Waals surface area (Å²) in [7, 11) is 0. The molecule has 0 aliphatic carbocycles. The highest BCUT2D eigenvalue weighted by Crippen LogP contribution is 2.31. The molecule has 2 rings (SSSR count). The highest BCUT2D eigenvalue weighted by atomic mass is 19.1. The summed E-state index contributed by atoms with van der Waals surface area (Å²) in [6.07, 6.45) is 3.86. The van der Waals surface area contributed by atoms with Crippen LogP contribution >= 0.6 is 0 Å². The van der Waals surface area contributed by atoms with Gasteiger partial charge in [-0.15, -0.1) is 0 Å². The van der Waals surface area contributed by atoms with E-state index in [0.29, 0.717) is 5.41 Å². The van der Waals surface area contributed by atoms with Crippen molar-refractivity contribution in [1.82, 2.24) is 4.98 Å². The summed E-state index contributed by atoms with van der Waals surface area (Å²) in [5, 5.41) is 0. The minimum Gasteiger partial charge on any atom is -0.371 e. The molecule has 1 aromatic heterocycles. The van der Waals surface area contributed by atoms with Crippen LogP contribution in [0.4, 0.5) is 10.1 Å². The van der Waals surface area contributed by atoms with Gasteiger partial charge in [-0.2, -0.15) is 4.39 Å². The molecular formula is C12H17FN2. The fraction of sp³-hybridized carbons (Fsp3) is 0.583. The van der Waals surface area contributed by atoms with Gasteiger partial charge in [0, 0.05) is 31.0 Å². The second kappa shape index (κ2) is 3.80. The largest absolute Gasteiger partial charge is 0.371 e. The number of aromatic nitrogens is 1. The molecule has 0 saturated carbocycles. The van der Waals surface area contributed by atoms with Gasteiger partial charge in [0.25, 0.3) is 0 Å². The maximum absolute atomic E-state index is 12.9. The average molecular weight is 208 g/mol. The monoisotopic (exact) mass is 208 g/mol. The molecule has 0 unspecified atom stereocenters. The van der Waals surface area contributed by atoms with Crippen molar-refractivity contribution in [3.8, 4) is 0 Å². The van der Waals surface area contributed by atoms with E-state index in [9.17, 15) is 4.39 Å². The third kappa shape index (κ3) is 2.46. The molecule has 0 N–H and O–H groups in total. The normalized spacial score (nSPS) is 20.3. The highest BCUT2D eigenvalue weighted by molar-refractivity contribution is 5.45. The van der Waals surface area contributed by atoms with Crippen LogP contribution in [0, 0.1) is 11.4 Å². The van der Waals surface area contributed by atoms with E-state index in [4.69, 9.17) is 0 Å². The first-order chi connectivity index (χ1) is 7.07. The Morgan fingerprint density at radius 2 is 2.00 bits per heavy atom. The van der Waals surface area contributed by atoms with E-state index in [1.165, 1.54) is 12.3 Å².